The standard InChI is InChI=1S/C9H18ClNO2S/c1-11(14(12,13)8-10)7-9-5-3-2-4-6-9/h9H,2-8H2,1H3. The molecular weight excluding hydrogens is 222 g/mol. The first-order valence-corrected chi connectivity index (χ1v) is 7.20. The molecule has 0 aromatic carbocycles. The third-order valence-electron chi connectivity index (χ3n) is 2.85. The van der Waals surface area contributed by atoms with Crippen molar-refractivity contribution in [3.8, 4) is 0 Å². The average molecular weight is 240 g/mol. The minimum absolute atomic E-state index is 0.309. The zero-order valence-electron chi connectivity index (χ0n) is 8.58. The van der Waals surface area contributed by atoms with Crippen LogP contribution in [-0.2, 0) is 10.0 Å². The van der Waals surface area contributed by atoms with E-state index in [1.807, 2.05) is 0 Å². The molecule has 0 saturated heterocycles. The number of nitrogens with zero attached hydrogens (tertiary/aromatic N) is 1. The van der Waals surface area contributed by atoms with Crippen LogP contribution in [0.5, 0.6) is 0 Å². The van der Waals surface area contributed by atoms with Crippen molar-refractivity contribution in [1.29, 1.82) is 0 Å². The Morgan fingerprint density at radius 1 is 1.29 bits per heavy atom. The van der Waals surface area contributed by atoms with Gasteiger partial charge in [-0.3, -0.25) is 0 Å². The van der Waals surface area contributed by atoms with Gasteiger partial charge in [-0.05, 0) is 18.8 Å². The lowest BCUT2D eigenvalue weighted by Gasteiger charge is -2.25. The van der Waals surface area contributed by atoms with E-state index in [1.165, 1.54) is 23.6 Å². The second-order valence-electron chi connectivity index (χ2n) is 4.01. The highest BCUT2D eigenvalue weighted by molar-refractivity contribution is 7.90. The monoisotopic (exact) mass is 239 g/mol. The molecule has 0 heterocycles. The Morgan fingerprint density at radius 2 is 1.86 bits per heavy atom. The third-order valence-corrected chi connectivity index (χ3v) is 5.05. The van der Waals surface area contributed by atoms with Crippen molar-refractivity contribution in [1.82, 2.24) is 4.31 Å². The highest BCUT2D eigenvalue weighted by atomic mass is 35.5. The first-order valence-electron chi connectivity index (χ1n) is 5.06. The van der Waals surface area contributed by atoms with Gasteiger partial charge in [0.25, 0.3) is 0 Å². The van der Waals surface area contributed by atoms with E-state index in [4.69, 9.17) is 11.6 Å². The van der Waals surface area contributed by atoms with Crippen LogP contribution >= 0.6 is 11.6 Å². The summed E-state index contributed by atoms with van der Waals surface area (Å²) in [6, 6.07) is 0. The van der Waals surface area contributed by atoms with E-state index in [-0.39, 0.29) is 5.21 Å². The van der Waals surface area contributed by atoms with Gasteiger partial charge in [-0.1, -0.05) is 19.3 Å². The molecule has 3 nitrogen and oxygen atoms in total. The van der Waals surface area contributed by atoms with Gasteiger partial charge in [0, 0.05) is 13.6 Å². The van der Waals surface area contributed by atoms with Crippen LogP contribution in [0.2, 0.25) is 0 Å². The van der Waals surface area contributed by atoms with Crippen LogP contribution in [0.1, 0.15) is 32.1 Å². The van der Waals surface area contributed by atoms with Gasteiger partial charge in [-0.15, -0.1) is 11.6 Å². The second kappa shape index (κ2) is 5.33. The van der Waals surface area contributed by atoms with Crippen molar-refractivity contribution in [3.05, 3.63) is 0 Å². The zero-order valence-corrected chi connectivity index (χ0v) is 10.1. The Morgan fingerprint density at radius 3 is 2.36 bits per heavy atom. The Balaban J connectivity index is 2.43. The lowest BCUT2D eigenvalue weighted by atomic mass is 9.89. The predicted octanol–water partition coefficient (Wildman–Crippen LogP) is 2.02. The van der Waals surface area contributed by atoms with Gasteiger partial charge >= 0.3 is 0 Å². The molecule has 84 valence electrons. The molecule has 1 aliphatic carbocycles. The predicted molar refractivity (Wildman–Crippen MR) is 58.8 cm³/mol. The number of sulfonamides is 1. The molecule has 0 unspecified atom stereocenters. The maximum absolute atomic E-state index is 11.4. The number of rotatable bonds is 4. The highest BCUT2D eigenvalue weighted by Gasteiger charge is 2.21. The SMILES string of the molecule is CN(CC1CCCCC1)S(=O)(=O)CCl. The quantitative estimate of drug-likeness (QED) is 0.704. The molecule has 1 aliphatic rings. The van der Waals surface area contributed by atoms with E-state index in [9.17, 15) is 8.42 Å². The molecule has 14 heavy (non-hydrogen) atoms. The molecule has 1 fully saturated rings. The van der Waals surface area contributed by atoms with Gasteiger partial charge in [0.1, 0.15) is 5.21 Å². The minimum Gasteiger partial charge on any atom is -0.211 e. The van der Waals surface area contributed by atoms with Crippen LogP contribution in [0.4, 0.5) is 0 Å². The van der Waals surface area contributed by atoms with Gasteiger partial charge in [0.05, 0.1) is 0 Å². The molecule has 0 radical (unpaired) electrons. The normalized spacial score (nSPS) is 20.2. The summed E-state index contributed by atoms with van der Waals surface area (Å²) in [5.74, 6) is 0.534. The Bertz CT molecular complexity index is 260. The van der Waals surface area contributed by atoms with E-state index < -0.39 is 10.0 Å². The van der Waals surface area contributed by atoms with Crippen LogP contribution in [0.3, 0.4) is 0 Å². The van der Waals surface area contributed by atoms with Crippen LogP contribution < -0.4 is 0 Å². The Kier molecular flexibility index (Phi) is 4.67. The molecule has 0 aromatic heterocycles. The first-order chi connectivity index (χ1) is 6.56. The lowest BCUT2D eigenvalue weighted by molar-refractivity contribution is 0.300. The Hall–Kier alpha value is 0.200. The molecule has 0 aromatic rings. The number of hydrogen-bond donors (Lipinski definition) is 0. The van der Waals surface area contributed by atoms with Gasteiger partial charge in [-0.2, -0.15) is 0 Å². The average Bonchev–Trinajstić information content (AvgIpc) is 2.19. The molecule has 0 amide bonds. The molecule has 0 spiro atoms. The van der Waals surface area contributed by atoms with E-state index in [0.29, 0.717) is 12.5 Å². The largest absolute Gasteiger partial charge is 0.227 e. The zero-order chi connectivity index (χ0) is 10.6. The summed E-state index contributed by atoms with van der Waals surface area (Å²) in [5.41, 5.74) is 0. The fourth-order valence-corrected chi connectivity index (χ4v) is 3.03. The van der Waals surface area contributed by atoms with E-state index in [0.717, 1.165) is 12.8 Å². The van der Waals surface area contributed by atoms with Crippen LogP contribution in [0.25, 0.3) is 0 Å². The summed E-state index contributed by atoms with van der Waals surface area (Å²) < 4.78 is 24.1. The summed E-state index contributed by atoms with van der Waals surface area (Å²) in [4.78, 5) is 0. The number of halogens is 1. The maximum Gasteiger partial charge on any atom is 0.227 e. The van der Waals surface area contributed by atoms with Crippen molar-refractivity contribution in [2.45, 2.75) is 32.1 Å². The lowest BCUT2D eigenvalue weighted by Crippen LogP contribution is -2.33. The van der Waals surface area contributed by atoms with Gasteiger partial charge in [0.2, 0.25) is 10.0 Å². The first kappa shape index (κ1) is 12.3. The van der Waals surface area contributed by atoms with Crippen molar-refractivity contribution in [2.75, 3.05) is 18.8 Å². The molecule has 0 N–H and O–H groups in total. The number of alkyl halides is 1. The van der Waals surface area contributed by atoms with Crippen LogP contribution in [-0.4, -0.2) is 31.5 Å². The minimum atomic E-state index is -3.20. The Labute approximate surface area is 91.5 Å². The smallest absolute Gasteiger partial charge is 0.211 e. The third kappa shape index (κ3) is 3.41. The fourth-order valence-electron chi connectivity index (χ4n) is 1.93. The summed E-state index contributed by atoms with van der Waals surface area (Å²) in [6.07, 6.45) is 6.08. The van der Waals surface area contributed by atoms with Crippen molar-refractivity contribution in [2.24, 2.45) is 5.92 Å². The summed E-state index contributed by atoms with van der Waals surface area (Å²) >= 11 is 5.38. The van der Waals surface area contributed by atoms with Crippen molar-refractivity contribution in [3.63, 3.8) is 0 Å². The van der Waals surface area contributed by atoms with Crippen molar-refractivity contribution >= 4 is 21.6 Å². The van der Waals surface area contributed by atoms with Crippen LogP contribution in [0.15, 0.2) is 0 Å². The van der Waals surface area contributed by atoms with E-state index in [2.05, 4.69) is 0 Å². The number of hydrogen-bond acceptors (Lipinski definition) is 2. The van der Waals surface area contributed by atoms with Gasteiger partial charge < -0.3 is 0 Å². The fraction of sp³-hybridized carbons (Fsp3) is 1.00. The molecule has 0 aliphatic heterocycles. The van der Waals surface area contributed by atoms with E-state index in [1.54, 1.807) is 7.05 Å². The molecular formula is C9H18ClNO2S. The topological polar surface area (TPSA) is 37.4 Å². The summed E-state index contributed by atoms with van der Waals surface area (Å²) in [6.45, 7) is 0.634. The summed E-state index contributed by atoms with van der Waals surface area (Å²) in [5, 5.41) is -0.309. The van der Waals surface area contributed by atoms with E-state index >= 15 is 0 Å². The van der Waals surface area contributed by atoms with Gasteiger partial charge in [0.15, 0.2) is 0 Å². The molecule has 0 bridgehead atoms. The molecule has 1 saturated carbocycles. The van der Waals surface area contributed by atoms with Crippen molar-refractivity contribution < 1.29 is 8.42 Å². The van der Waals surface area contributed by atoms with Gasteiger partial charge in [-0.25, -0.2) is 12.7 Å². The highest BCUT2D eigenvalue weighted by Crippen LogP contribution is 2.24. The molecule has 0 atom stereocenters. The second-order valence-corrected chi connectivity index (χ2v) is 6.67. The van der Waals surface area contributed by atoms with Crippen LogP contribution in [0, 0.1) is 5.92 Å². The summed E-state index contributed by atoms with van der Waals surface area (Å²) in [7, 11) is -1.58. The maximum atomic E-state index is 11.4. The molecule has 5 heteroatoms. The molecule has 1 rings (SSSR count).